The molecule has 0 aliphatic carbocycles. The van der Waals surface area contributed by atoms with Gasteiger partial charge in [0.2, 0.25) is 0 Å². The first-order chi connectivity index (χ1) is 12.3. The van der Waals surface area contributed by atoms with Crippen LogP contribution >= 0.6 is 0 Å². The van der Waals surface area contributed by atoms with Gasteiger partial charge < -0.3 is 13.9 Å². The molecule has 2 aromatic rings. The quantitative estimate of drug-likeness (QED) is 0.806. The van der Waals surface area contributed by atoms with Gasteiger partial charge in [-0.1, -0.05) is 0 Å². The van der Waals surface area contributed by atoms with Crippen molar-refractivity contribution in [2.24, 2.45) is 5.41 Å². The van der Waals surface area contributed by atoms with Crippen molar-refractivity contribution in [2.75, 3.05) is 26.3 Å². The highest BCUT2D eigenvalue weighted by atomic mass is 16.5. The van der Waals surface area contributed by atoms with Gasteiger partial charge in [0, 0.05) is 37.5 Å². The Bertz CT molecular complexity index is 646. The standard InChI is InChI=1S/C20H26N2O3/c1-3-18(24-11-1)13-22-10-6-19-20(15-22,7-2-12-25-19)16-23-14-17-4-8-21-9-5-17/h1,3-5,8-9,11,19H,2,6-7,10,12-16H2/t19-,20+/m0/s1. The van der Waals surface area contributed by atoms with Crippen LogP contribution in [0.1, 0.15) is 30.6 Å². The minimum absolute atomic E-state index is 0.0934. The summed E-state index contributed by atoms with van der Waals surface area (Å²) in [5.74, 6) is 1.03. The van der Waals surface area contributed by atoms with Gasteiger partial charge in [0.05, 0.1) is 32.1 Å². The van der Waals surface area contributed by atoms with Gasteiger partial charge in [-0.2, -0.15) is 0 Å². The molecule has 2 saturated heterocycles. The Kier molecular flexibility index (Phi) is 5.15. The second kappa shape index (κ2) is 7.68. The zero-order chi connectivity index (χ0) is 17.0. The predicted octanol–water partition coefficient (Wildman–Crippen LogP) is 3.26. The van der Waals surface area contributed by atoms with E-state index in [4.69, 9.17) is 13.9 Å². The molecule has 2 aromatic heterocycles. The van der Waals surface area contributed by atoms with Crippen molar-refractivity contribution in [1.82, 2.24) is 9.88 Å². The van der Waals surface area contributed by atoms with Gasteiger partial charge in [0.1, 0.15) is 5.76 Å². The summed E-state index contributed by atoms with van der Waals surface area (Å²) in [6, 6.07) is 8.03. The molecule has 0 amide bonds. The Morgan fingerprint density at radius 3 is 3.04 bits per heavy atom. The Balaban J connectivity index is 1.40. The highest BCUT2D eigenvalue weighted by Crippen LogP contribution is 2.41. The third kappa shape index (κ3) is 3.94. The molecule has 0 unspecified atom stereocenters. The second-order valence-electron chi connectivity index (χ2n) is 7.25. The van der Waals surface area contributed by atoms with E-state index in [9.17, 15) is 0 Å². The van der Waals surface area contributed by atoms with Crippen molar-refractivity contribution < 1.29 is 13.9 Å². The fourth-order valence-electron chi connectivity index (χ4n) is 4.20. The van der Waals surface area contributed by atoms with E-state index in [0.29, 0.717) is 12.7 Å². The number of nitrogens with zero attached hydrogens (tertiary/aromatic N) is 2. The topological polar surface area (TPSA) is 47.7 Å². The molecular formula is C20H26N2O3. The Morgan fingerprint density at radius 1 is 1.28 bits per heavy atom. The second-order valence-corrected chi connectivity index (χ2v) is 7.25. The summed E-state index contributed by atoms with van der Waals surface area (Å²) >= 11 is 0. The lowest BCUT2D eigenvalue weighted by molar-refractivity contribution is -0.156. The number of furan rings is 1. The summed E-state index contributed by atoms with van der Waals surface area (Å²) in [7, 11) is 0. The average Bonchev–Trinajstić information content (AvgIpc) is 3.15. The van der Waals surface area contributed by atoms with Gasteiger partial charge in [-0.15, -0.1) is 0 Å². The van der Waals surface area contributed by atoms with E-state index in [1.165, 1.54) is 12.0 Å². The molecule has 2 aliphatic rings. The van der Waals surface area contributed by atoms with Crippen LogP contribution in [0.25, 0.3) is 0 Å². The smallest absolute Gasteiger partial charge is 0.117 e. The van der Waals surface area contributed by atoms with Crippen LogP contribution in [0.15, 0.2) is 47.3 Å². The Morgan fingerprint density at radius 2 is 2.20 bits per heavy atom. The third-order valence-corrected chi connectivity index (χ3v) is 5.43. The number of hydrogen-bond acceptors (Lipinski definition) is 5. The molecular weight excluding hydrogens is 316 g/mol. The molecule has 0 radical (unpaired) electrons. The SMILES string of the molecule is c1coc(CN2CC[C@@H]3OCCC[C@]3(COCc3ccncc3)C2)c1. The summed E-state index contributed by atoms with van der Waals surface area (Å²) < 4.78 is 17.8. The van der Waals surface area contributed by atoms with Crippen LogP contribution in [0.3, 0.4) is 0 Å². The summed E-state index contributed by atoms with van der Waals surface area (Å²) in [6.07, 6.45) is 9.04. The van der Waals surface area contributed by atoms with Crippen LogP contribution in [-0.4, -0.2) is 42.3 Å². The maximum absolute atomic E-state index is 6.15. The highest BCUT2D eigenvalue weighted by molar-refractivity contribution is 5.08. The van der Waals surface area contributed by atoms with Crippen LogP contribution < -0.4 is 0 Å². The fourth-order valence-corrected chi connectivity index (χ4v) is 4.20. The summed E-state index contributed by atoms with van der Waals surface area (Å²) in [6.45, 7) is 5.19. The van der Waals surface area contributed by atoms with Gasteiger partial charge in [-0.05, 0) is 49.1 Å². The van der Waals surface area contributed by atoms with Gasteiger partial charge in [0.15, 0.2) is 0 Å². The number of fused-ring (bicyclic) bond motifs is 1. The first kappa shape index (κ1) is 16.8. The number of rotatable bonds is 6. The molecule has 2 atom stereocenters. The van der Waals surface area contributed by atoms with E-state index in [1.807, 2.05) is 30.6 Å². The first-order valence-electron chi connectivity index (χ1n) is 9.17. The normalized spacial score (nSPS) is 27.1. The van der Waals surface area contributed by atoms with Crippen LogP contribution in [0.2, 0.25) is 0 Å². The largest absolute Gasteiger partial charge is 0.468 e. The number of aromatic nitrogens is 1. The van der Waals surface area contributed by atoms with E-state index >= 15 is 0 Å². The third-order valence-electron chi connectivity index (χ3n) is 5.43. The highest BCUT2D eigenvalue weighted by Gasteiger charge is 2.46. The molecule has 0 bridgehead atoms. The molecule has 0 aromatic carbocycles. The van der Waals surface area contributed by atoms with Crippen LogP contribution in [0, 0.1) is 5.41 Å². The van der Waals surface area contributed by atoms with E-state index < -0.39 is 0 Å². The molecule has 4 heterocycles. The van der Waals surface area contributed by atoms with E-state index in [1.54, 1.807) is 6.26 Å². The van der Waals surface area contributed by atoms with Crippen LogP contribution in [0.4, 0.5) is 0 Å². The Labute approximate surface area is 148 Å². The lowest BCUT2D eigenvalue weighted by Gasteiger charge is -2.50. The van der Waals surface area contributed by atoms with Gasteiger partial charge >= 0.3 is 0 Å². The van der Waals surface area contributed by atoms with Crippen molar-refractivity contribution >= 4 is 0 Å². The minimum Gasteiger partial charge on any atom is -0.468 e. The summed E-state index contributed by atoms with van der Waals surface area (Å²) in [5.41, 5.74) is 1.26. The number of ether oxygens (including phenoxy) is 2. The molecule has 4 rings (SSSR count). The zero-order valence-electron chi connectivity index (χ0n) is 14.6. The maximum atomic E-state index is 6.15. The average molecular weight is 342 g/mol. The van der Waals surface area contributed by atoms with Crippen LogP contribution in [0.5, 0.6) is 0 Å². The lowest BCUT2D eigenvalue weighted by Crippen LogP contribution is -2.56. The maximum Gasteiger partial charge on any atom is 0.117 e. The minimum atomic E-state index is 0.0934. The lowest BCUT2D eigenvalue weighted by atomic mass is 9.73. The number of piperidine rings is 1. The van der Waals surface area contributed by atoms with Crippen molar-refractivity contribution in [3.8, 4) is 0 Å². The molecule has 5 nitrogen and oxygen atoms in total. The monoisotopic (exact) mass is 342 g/mol. The number of likely N-dealkylation sites (tertiary alicyclic amines) is 1. The van der Waals surface area contributed by atoms with E-state index in [2.05, 4.69) is 16.0 Å². The molecule has 2 fully saturated rings. The number of hydrogen-bond donors (Lipinski definition) is 0. The Hall–Kier alpha value is -1.69. The fraction of sp³-hybridized carbons (Fsp3) is 0.550. The van der Waals surface area contributed by atoms with Gasteiger partial charge in [0.25, 0.3) is 0 Å². The summed E-state index contributed by atoms with van der Waals surface area (Å²) in [4.78, 5) is 6.55. The van der Waals surface area contributed by atoms with Crippen molar-refractivity contribution in [1.29, 1.82) is 0 Å². The molecule has 5 heteroatoms. The molecule has 0 saturated carbocycles. The molecule has 0 spiro atoms. The molecule has 134 valence electrons. The van der Waals surface area contributed by atoms with E-state index in [0.717, 1.165) is 51.4 Å². The summed E-state index contributed by atoms with van der Waals surface area (Å²) in [5, 5.41) is 0. The van der Waals surface area contributed by atoms with E-state index in [-0.39, 0.29) is 5.41 Å². The molecule has 2 aliphatic heterocycles. The van der Waals surface area contributed by atoms with Gasteiger partial charge in [-0.25, -0.2) is 0 Å². The van der Waals surface area contributed by atoms with Crippen molar-refractivity contribution in [3.63, 3.8) is 0 Å². The van der Waals surface area contributed by atoms with Crippen molar-refractivity contribution in [2.45, 2.75) is 38.5 Å². The van der Waals surface area contributed by atoms with Gasteiger partial charge in [-0.3, -0.25) is 9.88 Å². The van der Waals surface area contributed by atoms with Crippen LogP contribution in [-0.2, 0) is 22.6 Å². The first-order valence-corrected chi connectivity index (χ1v) is 9.17. The number of pyridine rings is 1. The molecule has 0 N–H and O–H groups in total. The molecule has 25 heavy (non-hydrogen) atoms. The zero-order valence-corrected chi connectivity index (χ0v) is 14.6. The van der Waals surface area contributed by atoms with Crippen molar-refractivity contribution in [3.05, 3.63) is 54.2 Å². The predicted molar refractivity (Wildman–Crippen MR) is 93.9 cm³/mol.